The van der Waals surface area contributed by atoms with Crippen molar-refractivity contribution in [3.8, 4) is 0 Å². The van der Waals surface area contributed by atoms with Crippen LogP contribution in [0.15, 0.2) is 11.5 Å². The van der Waals surface area contributed by atoms with Gasteiger partial charge in [0, 0.05) is 24.6 Å². The van der Waals surface area contributed by atoms with Gasteiger partial charge in [-0.1, -0.05) is 25.7 Å². The van der Waals surface area contributed by atoms with E-state index in [0.717, 1.165) is 11.8 Å². The molecule has 0 radical (unpaired) electrons. The maximum Gasteiger partial charge on any atom is 0.0451 e. The molecular weight excluding hydrogens is 172 g/mol. The van der Waals surface area contributed by atoms with Crippen LogP contribution in [0.25, 0.3) is 0 Å². The predicted molar refractivity (Wildman–Crippen MR) is 56.0 cm³/mol. The summed E-state index contributed by atoms with van der Waals surface area (Å²) in [6.45, 7) is 8.83. The van der Waals surface area contributed by atoms with E-state index in [0.29, 0.717) is 0 Å². The average molecular weight is 190 g/mol. The van der Waals surface area contributed by atoms with Gasteiger partial charge in [0.1, 0.15) is 0 Å². The van der Waals surface area contributed by atoms with Crippen molar-refractivity contribution in [1.82, 2.24) is 0 Å². The number of hydrogen-bond acceptors (Lipinski definition) is 1. The Bertz CT molecular complexity index is 158. The smallest absolute Gasteiger partial charge is 0.0451 e. The summed E-state index contributed by atoms with van der Waals surface area (Å²) in [6, 6.07) is 1.16. The molecule has 0 heterocycles. The van der Waals surface area contributed by atoms with E-state index in [1.807, 2.05) is 13.0 Å². The zero-order valence-corrected chi connectivity index (χ0v) is 9.70. The van der Waals surface area contributed by atoms with Crippen LogP contribution < -0.4 is 0 Å². The molecule has 3 heteroatoms. The summed E-state index contributed by atoms with van der Waals surface area (Å²) in [5.41, 5.74) is 0. The standard InChI is InChI=1S/C8H18OSSi/c1-5-6-10(9)7-8-11(2,3)4/h5-6H,7-8H2,1-4H3/b6-5-. The molecule has 1 atom stereocenters. The molecule has 0 aromatic rings. The molecule has 0 aromatic carbocycles. The highest BCUT2D eigenvalue weighted by Crippen LogP contribution is 2.08. The lowest BCUT2D eigenvalue weighted by atomic mass is 10.8. The summed E-state index contributed by atoms with van der Waals surface area (Å²) >= 11 is 0. The molecule has 0 saturated carbocycles. The summed E-state index contributed by atoms with van der Waals surface area (Å²) in [5, 5.41) is 1.78. The van der Waals surface area contributed by atoms with Crippen molar-refractivity contribution >= 4 is 18.9 Å². The monoisotopic (exact) mass is 190 g/mol. The van der Waals surface area contributed by atoms with Crippen molar-refractivity contribution in [3.63, 3.8) is 0 Å². The van der Waals surface area contributed by atoms with Gasteiger partial charge < -0.3 is 0 Å². The van der Waals surface area contributed by atoms with E-state index in [9.17, 15) is 4.21 Å². The fourth-order valence-corrected chi connectivity index (χ4v) is 4.32. The fourth-order valence-electron chi connectivity index (χ4n) is 0.627. The highest BCUT2D eigenvalue weighted by molar-refractivity contribution is 7.88. The van der Waals surface area contributed by atoms with E-state index >= 15 is 0 Å². The summed E-state index contributed by atoms with van der Waals surface area (Å²) in [5.74, 6) is 0.847. The second-order valence-corrected chi connectivity index (χ2v) is 10.9. The fraction of sp³-hybridized carbons (Fsp3) is 0.750. The van der Waals surface area contributed by atoms with Crippen LogP contribution in [0.2, 0.25) is 25.7 Å². The third-order valence-electron chi connectivity index (χ3n) is 1.34. The Morgan fingerprint density at radius 3 is 2.27 bits per heavy atom. The Morgan fingerprint density at radius 1 is 1.36 bits per heavy atom. The van der Waals surface area contributed by atoms with Crippen molar-refractivity contribution in [2.75, 3.05) is 5.75 Å². The first-order valence-electron chi connectivity index (χ1n) is 3.96. The van der Waals surface area contributed by atoms with Gasteiger partial charge in [-0.2, -0.15) is 0 Å². The highest BCUT2D eigenvalue weighted by Gasteiger charge is 2.12. The van der Waals surface area contributed by atoms with Crippen molar-refractivity contribution in [3.05, 3.63) is 11.5 Å². The SMILES string of the molecule is C/C=C\S(=O)CC[Si](C)(C)C. The highest BCUT2D eigenvalue weighted by atomic mass is 32.2. The topological polar surface area (TPSA) is 17.1 Å². The molecule has 0 amide bonds. The summed E-state index contributed by atoms with van der Waals surface area (Å²) in [6.07, 6.45) is 1.86. The van der Waals surface area contributed by atoms with Gasteiger partial charge in [-0.3, -0.25) is 4.21 Å². The van der Waals surface area contributed by atoms with Crippen LogP contribution in [0.3, 0.4) is 0 Å². The molecule has 1 nitrogen and oxygen atoms in total. The van der Waals surface area contributed by atoms with E-state index < -0.39 is 18.9 Å². The second-order valence-electron chi connectivity index (χ2n) is 3.86. The lowest BCUT2D eigenvalue weighted by molar-refractivity contribution is 0.689. The van der Waals surface area contributed by atoms with Gasteiger partial charge in [-0.15, -0.1) is 0 Å². The molecule has 0 bridgehead atoms. The van der Waals surface area contributed by atoms with E-state index in [1.165, 1.54) is 0 Å². The van der Waals surface area contributed by atoms with Crippen LogP contribution in [0.4, 0.5) is 0 Å². The van der Waals surface area contributed by atoms with Gasteiger partial charge in [0.05, 0.1) is 0 Å². The van der Waals surface area contributed by atoms with E-state index in [4.69, 9.17) is 0 Å². The van der Waals surface area contributed by atoms with Crippen LogP contribution in [0.5, 0.6) is 0 Å². The Balaban J connectivity index is 3.63. The minimum absolute atomic E-state index is 0.712. The molecule has 1 unspecified atom stereocenters. The van der Waals surface area contributed by atoms with E-state index in [-0.39, 0.29) is 0 Å². The third-order valence-corrected chi connectivity index (χ3v) is 4.64. The van der Waals surface area contributed by atoms with Crippen molar-refractivity contribution in [2.24, 2.45) is 0 Å². The molecule has 11 heavy (non-hydrogen) atoms. The predicted octanol–water partition coefficient (Wildman–Crippen LogP) is 2.61. The molecule has 0 aliphatic carbocycles. The second kappa shape index (κ2) is 4.88. The van der Waals surface area contributed by atoms with Crippen molar-refractivity contribution < 1.29 is 4.21 Å². The summed E-state index contributed by atoms with van der Waals surface area (Å²) in [4.78, 5) is 0. The Labute approximate surface area is 73.4 Å². The number of rotatable bonds is 4. The van der Waals surface area contributed by atoms with Gasteiger partial charge in [-0.25, -0.2) is 0 Å². The molecule has 0 spiro atoms. The summed E-state index contributed by atoms with van der Waals surface area (Å²) < 4.78 is 11.1. The van der Waals surface area contributed by atoms with E-state index in [1.54, 1.807) is 5.41 Å². The molecule has 66 valence electrons. The number of hydrogen-bond donors (Lipinski definition) is 0. The minimum Gasteiger partial charge on any atom is -0.255 e. The van der Waals surface area contributed by atoms with E-state index in [2.05, 4.69) is 19.6 Å². The lowest BCUT2D eigenvalue weighted by Crippen LogP contribution is -2.21. The maximum atomic E-state index is 11.1. The van der Waals surface area contributed by atoms with Gasteiger partial charge >= 0.3 is 0 Å². The molecule has 0 aromatic heterocycles. The first-order chi connectivity index (χ1) is 4.95. The van der Waals surface area contributed by atoms with Gasteiger partial charge in [0.2, 0.25) is 0 Å². The van der Waals surface area contributed by atoms with Crippen molar-refractivity contribution in [2.45, 2.75) is 32.6 Å². The van der Waals surface area contributed by atoms with Crippen molar-refractivity contribution in [1.29, 1.82) is 0 Å². The van der Waals surface area contributed by atoms with Gasteiger partial charge in [0.25, 0.3) is 0 Å². The lowest BCUT2D eigenvalue weighted by Gasteiger charge is -2.13. The molecule has 0 fully saturated rings. The Hall–Kier alpha value is 0.107. The van der Waals surface area contributed by atoms with Crippen LogP contribution in [-0.4, -0.2) is 18.0 Å². The third kappa shape index (κ3) is 8.01. The zero-order valence-electron chi connectivity index (χ0n) is 7.89. The largest absolute Gasteiger partial charge is 0.255 e. The maximum absolute atomic E-state index is 11.1. The van der Waals surface area contributed by atoms with Crippen LogP contribution >= 0.6 is 0 Å². The van der Waals surface area contributed by atoms with Gasteiger partial charge in [-0.05, 0) is 18.4 Å². The molecule has 0 N–H and O–H groups in total. The quantitative estimate of drug-likeness (QED) is 0.623. The normalized spacial score (nSPS) is 15.6. The van der Waals surface area contributed by atoms with Crippen LogP contribution in [-0.2, 0) is 10.8 Å². The Kier molecular flexibility index (Phi) is 4.93. The van der Waals surface area contributed by atoms with Gasteiger partial charge in [0.15, 0.2) is 0 Å². The zero-order chi connectivity index (χ0) is 8.91. The Morgan fingerprint density at radius 2 is 1.91 bits per heavy atom. The molecule has 0 aliphatic heterocycles. The number of allylic oxidation sites excluding steroid dienone is 1. The average Bonchev–Trinajstić information content (AvgIpc) is 1.83. The molecule has 0 saturated heterocycles. The summed E-state index contributed by atoms with van der Waals surface area (Å²) in [7, 11) is -1.69. The van der Waals surface area contributed by atoms with Crippen LogP contribution in [0.1, 0.15) is 6.92 Å². The molecule has 0 aliphatic rings. The molecule has 0 rings (SSSR count). The van der Waals surface area contributed by atoms with Crippen LogP contribution in [0, 0.1) is 0 Å². The first kappa shape index (κ1) is 11.1. The minimum atomic E-state index is -0.976. The first-order valence-corrected chi connectivity index (χ1v) is 9.04. The molecular formula is C8H18OSSi.